The van der Waals surface area contributed by atoms with Crippen molar-refractivity contribution in [1.82, 2.24) is 24.6 Å². The van der Waals surface area contributed by atoms with Crippen molar-refractivity contribution < 1.29 is 4.79 Å². The van der Waals surface area contributed by atoms with Crippen molar-refractivity contribution in [3.8, 4) is 5.82 Å². The van der Waals surface area contributed by atoms with Crippen LogP contribution in [0.25, 0.3) is 5.82 Å². The molecule has 2 fully saturated rings. The van der Waals surface area contributed by atoms with Gasteiger partial charge < -0.3 is 9.80 Å². The largest absolute Gasteiger partial charge is 0.353 e. The van der Waals surface area contributed by atoms with Crippen LogP contribution in [0, 0.1) is 12.8 Å². The van der Waals surface area contributed by atoms with Gasteiger partial charge in [0, 0.05) is 50.6 Å². The van der Waals surface area contributed by atoms with Gasteiger partial charge in [-0.3, -0.25) is 4.79 Å². The van der Waals surface area contributed by atoms with Gasteiger partial charge in [-0.15, -0.1) is 0 Å². The lowest BCUT2D eigenvalue weighted by Gasteiger charge is -2.36. The van der Waals surface area contributed by atoms with E-state index in [1.54, 1.807) is 10.9 Å². The van der Waals surface area contributed by atoms with Crippen molar-refractivity contribution in [2.45, 2.75) is 32.6 Å². The van der Waals surface area contributed by atoms with Gasteiger partial charge in [0.15, 0.2) is 5.82 Å². The molecule has 3 heterocycles. The molecule has 0 atom stereocenters. The lowest BCUT2D eigenvalue weighted by Crippen LogP contribution is -2.50. The SMILES string of the molecule is Cc1nc(N2CCN(C(=O)C3CCCC3)CC2)cc(-n2cccn2)n1. The number of hydrogen-bond acceptors (Lipinski definition) is 5. The Kier molecular flexibility index (Phi) is 4.38. The maximum absolute atomic E-state index is 12.6. The molecule has 4 rings (SSSR count). The van der Waals surface area contributed by atoms with Gasteiger partial charge >= 0.3 is 0 Å². The Morgan fingerprint density at radius 3 is 2.48 bits per heavy atom. The zero-order valence-corrected chi connectivity index (χ0v) is 14.6. The zero-order chi connectivity index (χ0) is 17.2. The van der Waals surface area contributed by atoms with Crippen LogP contribution >= 0.6 is 0 Å². The minimum Gasteiger partial charge on any atom is -0.353 e. The van der Waals surface area contributed by atoms with E-state index in [-0.39, 0.29) is 5.92 Å². The molecule has 0 radical (unpaired) electrons. The number of rotatable bonds is 3. The van der Waals surface area contributed by atoms with Gasteiger partial charge in [-0.25, -0.2) is 14.6 Å². The predicted octanol–water partition coefficient (Wildman–Crippen LogP) is 1.81. The Hall–Kier alpha value is -2.44. The van der Waals surface area contributed by atoms with E-state index >= 15 is 0 Å². The number of anilines is 1. The van der Waals surface area contributed by atoms with Crippen molar-refractivity contribution in [2.75, 3.05) is 31.1 Å². The van der Waals surface area contributed by atoms with Crippen molar-refractivity contribution in [3.63, 3.8) is 0 Å². The highest BCUT2D eigenvalue weighted by atomic mass is 16.2. The Bertz CT molecular complexity index is 730. The van der Waals surface area contributed by atoms with Crippen molar-refractivity contribution >= 4 is 11.7 Å². The molecule has 1 saturated carbocycles. The molecule has 25 heavy (non-hydrogen) atoms. The second-order valence-electron chi connectivity index (χ2n) is 6.88. The standard InChI is InChI=1S/C18H24N6O/c1-14-20-16(13-17(21-14)24-8-4-7-19-24)22-9-11-23(12-10-22)18(25)15-5-2-3-6-15/h4,7-8,13,15H,2-3,5-6,9-12H2,1H3. The lowest BCUT2D eigenvalue weighted by molar-refractivity contribution is -0.135. The summed E-state index contributed by atoms with van der Waals surface area (Å²) in [5.41, 5.74) is 0. The van der Waals surface area contributed by atoms with E-state index in [9.17, 15) is 4.79 Å². The first-order chi connectivity index (χ1) is 12.2. The molecule has 2 aromatic heterocycles. The smallest absolute Gasteiger partial charge is 0.225 e. The van der Waals surface area contributed by atoms with E-state index in [4.69, 9.17) is 0 Å². The molecule has 2 aliphatic rings. The molecule has 7 heteroatoms. The Balaban J connectivity index is 1.45. The third-order valence-electron chi connectivity index (χ3n) is 5.17. The van der Waals surface area contributed by atoms with Crippen LogP contribution in [0.1, 0.15) is 31.5 Å². The van der Waals surface area contributed by atoms with Crippen LogP contribution < -0.4 is 4.90 Å². The summed E-state index contributed by atoms with van der Waals surface area (Å²) in [5, 5.41) is 4.25. The fourth-order valence-electron chi connectivity index (χ4n) is 3.81. The molecule has 132 valence electrons. The maximum Gasteiger partial charge on any atom is 0.225 e. The minimum absolute atomic E-state index is 0.263. The Labute approximate surface area is 147 Å². The summed E-state index contributed by atoms with van der Waals surface area (Å²) in [5.74, 6) is 3.03. The summed E-state index contributed by atoms with van der Waals surface area (Å²) in [6, 6.07) is 3.85. The average Bonchev–Trinajstić information content (AvgIpc) is 3.34. The van der Waals surface area contributed by atoms with Crippen LogP contribution in [-0.4, -0.2) is 56.7 Å². The highest BCUT2D eigenvalue weighted by molar-refractivity contribution is 5.79. The highest BCUT2D eigenvalue weighted by Gasteiger charge is 2.29. The number of carbonyl (C=O) groups excluding carboxylic acids is 1. The van der Waals surface area contributed by atoms with Crippen LogP contribution in [0.3, 0.4) is 0 Å². The number of piperazine rings is 1. The van der Waals surface area contributed by atoms with E-state index in [2.05, 4.69) is 20.0 Å². The topological polar surface area (TPSA) is 67.2 Å². The summed E-state index contributed by atoms with van der Waals surface area (Å²) in [4.78, 5) is 25.9. The van der Waals surface area contributed by atoms with Crippen LogP contribution in [0.15, 0.2) is 24.5 Å². The van der Waals surface area contributed by atoms with Crippen LogP contribution in [0.4, 0.5) is 5.82 Å². The van der Waals surface area contributed by atoms with Gasteiger partial charge in [0.2, 0.25) is 5.91 Å². The third kappa shape index (κ3) is 3.36. The Morgan fingerprint density at radius 2 is 1.80 bits per heavy atom. The van der Waals surface area contributed by atoms with Gasteiger partial charge in [-0.1, -0.05) is 12.8 Å². The molecule has 7 nitrogen and oxygen atoms in total. The quantitative estimate of drug-likeness (QED) is 0.852. The number of nitrogens with zero attached hydrogens (tertiary/aromatic N) is 6. The second kappa shape index (κ2) is 6.82. The normalized spacial score (nSPS) is 18.8. The van der Waals surface area contributed by atoms with Crippen molar-refractivity contribution in [3.05, 3.63) is 30.4 Å². The van der Waals surface area contributed by atoms with Crippen LogP contribution in [-0.2, 0) is 4.79 Å². The van der Waals surface area contributed by atoms with Crippen LogP contribution in [0.5, 0.6) is 0 Å². The number of aryl methyl sites for hydroxylation is 1. The van der Waals surface area contributed by atoms with E-state index in [0.717, 1.165) is 56.5 Å². The summed E-state index contributed by atoms with van der Waals surface area (Å²) in [7, 11) is 0. The molecule has 0 aromatic carbocycles. The van der Waals surface area contributed by atoms with Gasteiger partial charge in [0.25, 0.3) is 0 Å². The molecule has 1 amide bonds. The molecular weight excluding hydrogens is 316 g/mol. The second-order valence-corrected chi connectivity index (χ2v) is 6.88. The predicted molar refractivity (Wildman–Crippen MR) is 94.6 cm³/mol. The maximum atomic E-state index is 12.6. The van der Waals surface area contributed by atoms with Gasteiger partial charge in [0.1, 0.15) is 11.6 Å². The van der Waals surface area contributed by atoms with E-state index in [1.807, 2.05) is 30.2 Å². The fourth-order valence-corrected chi connectivity index (χ4v) is 3.81. The summed E-state index contributed by atoms with van der Waals surface area (Å²) in [6.07, 6.45) is 8.16. The molecule has 1 aliphatic carbocycles. The first-order valence-electron chi connectivity index (χ1n) is 9.10. The lowest BCUT2D eigenvalue weighted by atomic mass is 10.1. The monoisotopic (exact) mass is 340 g/mol. The highest BCUT2D eigenvalue weighted by Crippen LogP contribution is 2.27. The third-order valence-corrected chi connectivity index (χ3v) is 5.17. The summed E-state index contributed by atoms with van der Waals surface area (Å²) < 4.78 is 1.75. The number of aromatic nitrogens is 4. The molecule has 2 aromatic rings. The first-order valence-corrected chi connectivity index (χ1v) is 9.10. The number of hydrogen-bond donors (Lipinski definition) is 0. The van der Waals surface area contributed by atoms with Crippen molar-refractivity contribution in [1.29, 1.82) is 0 Å². The molecule has 1 saturated heterocycles. The average molecular weight is 340 g/mol. The molecular formula is C18H24N6O. The van der Waals surface area contributed by atoms with Gasteiger partial charge in [0.05, 0.1) is 0 Å². The van der Waals surface area contributed by atoms with Gasteiger partial charge in [-0.2, -0.15) is 5.10 Å². The van der Waals surface area contributed by atoms with Gasteiger partial charge in [-0.05, 0) is 25.8 Å². The number of amides is 1. The van der Waals surface area contributed by atoms with Crippen molar-refractivity contribution in [2.24, 2.45) is 5.92 Å². The van der Waals surface area contributed by atoms with E-state index < -0.39 is 0 Å². The van der Waals surface area contributed by atoms with E-state index in [0.29, 0.717) is 5.91 Å². The molecule has 0 N–H and O–H groups in total. The summed E-state index contributed by atoms with van der Waals surface area (Å²) in [6.45, 7) is 5.07. The molecule has 1 aliphatic heterocycles. The fraction of sp³-hybridized carbons (Fsp3) is 0.556. The molecule has 0 spiro atoms. The first kappa shape index (κ1) is 16.1. The Morgan fingerprint density at radius 1 is 1.08 bits per heavy atom. The molecule has 0 bridgehead atoms. The van der Waals surface area contributed by atoms with Crippen LogP contribution in [0.2, 0.25) is 0 Å². The minimum atomic E-state index is 0.263. The molecule has 0 unspecified atom stereocenters. The summed E-state index contributed by atoms with van der Waals surface area (Å²) >= 11 is 0. The number of carbonyl (C=O) groups is 1. The zero-order valence-electron chi connectivity index (χ0n) is 14.6. The van der Waals surface area contributed by atoms with E-state index in [1.165, 1.54) is 12.8 Å².